The third kappa shape index (κ3) is 5.50. The highest BCUT2D eigenvalue weighted by atomic mass is 16.5. The molecule has 2 unspecified atom stereocenters. The third-order valence-corrected chi connectivity index (χ3v) is 7.38. The van der Waals surface area contributed by atoms with Crippen LogP contribution in [0.2, 0.25) is 0 Å². The highest BCUT2D eigenvalue weighted by molar-refractivity contribution is 5.80. The number of ether oxygens (including phenoxy) is 1. The van der Waals surface area contributed by atoms with Crippen LogP contribution in [-0.2, 0) is 14.3 Å². The van der Waals surface area contributed by atoms with Crippen LogP contribution in [0.4, 0.5) is 4.79 Å². The van der Waals surface area contributed by atoms with E-state index in [1.54, 1.807) is 0 Å². The van der Waals surface area contributed by atoms with Gasteiger partial charge in [-0.15, -0.1) is 0 Å². The summed E-state index contributed by atoms with van der Waals surface area (Å²) in [6, 6.07) is 16.3. The topological polar surface area (TPSA) is 105 Å². The zero-order valence-electron chi connectivity index (χ0n) is 20.5. The zero-order valence-corrected chi connectivity index (χ0v) is 20.5. The summed E-state index contributed by atoms with van der Waals surface area (Å²) >= 11 is 0. The largest absolute Gasteiger partial charge is 0.481 e. The molecule has 0 aromatic heterocycles. The van der Waals surface area contributed by atoms with E-state index in [9.17, 15) is 19.5 Å². The fourth-order valence-electron chi connectivity index (χ4n) is 5.11. The van der Waals surface area contributed by atoms with Crippen molar-refractivity contribution in [1.29, 1.82) is 0 Å². The molecule has 2 atom stereocenters. The predicted octanol–water partition coefficient (Wildman–Crippen LogP) is 4.56. The summed E-state index contributed by atoms with van der Waals surface area (Å²) in [5.74, 6) is -1.79. The number of benzene rings is 2. The molecular weight excluding hydrogens is 444 g/mol. The van der Waals surface area contributed by atoms with Crippen LogP contribution < -0.4 is 10.6 Å². The van der Waals surface area contributed by atoms with Crippen molar-refractivity contribution in [2.75, 3.05) is 13.2 Å². The summed E-state index contributed by atoms with van der Waals surface area (Å²) in [5.41, 5.74) is 3.87. The van der Waals surface area contributed by atoms with E-state index in [2.05, 4.69) is 34.9 Å². The minimum atomic E-state index is -0.929. The molecule has 0 spiro atoms. The number of alkyl carbamates (subject to hydrolysis) is 1. The summed E-state index contributed by atoms with van der Waals surface area (Å²) in [7, 11) is 0. The number of carboxylic acid groups (broad SMARTS) is 1. The minimum Gasteiger partial charge on any atom is -0.481 e. The Morgan fingerprint density at radius 1 is 1.03 bits per heavy atom. The van der Waals surface area contributed by atoms with Crippen LogP contribution in [0, 0.1) is 17.8 Å². The number of amides is 2. The van der Waals surface area contributed by atoms with Crippen molar-refractivity contribution in [3.63, 3.8) is 0 Å². The van der Waals surface area contributed by atoms with Crippen LogP contribution in [-0.4, -0.2) is 41.8 Å². The highest BCUT2D eigenvalue weighted by Gasteiger charge is 2.44. The minimum absolute atomic E-state index is 0.0346. The molecule has 2 aliphatic rings. The van der Waals surface area contributed by atoms with Gasteiger partial charge in [-0.3, -0.25) is 9.59 Å². The van der Waals surface area contributed by atoms with Crippen molar-refractivity contribution < 1.29 is 24.2 Å². The van der Waals surface area contributed by atoms with E-state index >= 15 is 0 Å². The maximum absolute atomic E-state index is 12.9. The summed E-state index contributed by atoms with van der Waals surface area (Å²) < 4.78 is 5.70. The van der Waals surface area contributed by atoms with Gasteiger partial charge in [-0.05, 0) is 53.9 Å². The van der Waals surface area contributed by atoms with Gasteiger partial charge >= 0.3 is 12.1 Å². The number of aliphatic carboxylic acids is 1. The molecule has 7 heteroatoms. The lowest BCUT2D eigenvalue weighted by atomic mass is 9.91. The summed E-state index contributed by atoms with van der Waals surface area (Å²) in [5, 5.41) is 15.0. The molecule has 2 aromatic carbocycles. The van der Waals surface area contributed by atoms with E-state index in [0.29, 0.717) is 0 Å². The van der Waals surface area contributed by atoms with E-state index in [1.165, 1.54) is 0 Å². The number of rotatable bonds is 10. The Morgan fingerprint density at radius 3 is 2.11 bits per heavy atom. The van der Waals surface area contributed by atoms with E-state index in [4.69, 9.17) is 4.74 Å². The summed E-state index contributed by atoms with van der Waals surface area (Å²) in [4.78, 5) is 36.9. The summed E-state index contributed by atoms with van der Waals surface area (Å²) in [6.07, 6.45) is 1.39. The Labute approximate surface area is 206 Å². The lowest BCUT2D eigenvalue weighted by Gasteiger charge is -2.30. The van der Waals surface area contributed by atoms with Crippen LogP contribution in [0.3, 0.4) is 0 Å². The molecule has 1 saturated carbocycles. The first kappa shape index (κ1) is 24.8. The Bertz CT molecular complexity index is 1060. The fraction of sp³-hybridized carbons (Fsp3) is 0.464. The second-order valence-corrected chi connectivity index (χ2v) is 10.3. The number of carbonyl (C=O) groups excluding carboxylic acids is 2. The molecule has 2 amide bonds. The molecule has 4 rings (SSSR count). The molecule has 3 N–H and O–H groups in total. The van der Waals surface area contributed by atoms with Crippen LogP contribution in [0.25, 0.3) is 11.1 Å². The van der Waals surface area contributed by atoms with Crippen molar-refractivity contribution in [2.24, 2.45) is 17.8 Å². The van der Waals surface area contributed by atoms with Gasteiger partial charge in [0, 0.05) is 18.9 Å². The van der Waals surface area contributed by atoms with Crippen LogP contribution in [0.1, 0.15) is 57.1 Å². The smallest absolute Gasteiger partial charge is 0.407 e. The maximum atomic E-state index is 12.9. The van der Waals surface area contributed by atoms with Crippen molar-refractivity contribution >= 4 is 18.0 Å². The molecule has 7 nitrogen and oxygen atoms in total. The zero-order chi connectivity index (χ0) is 25.2. The van der Waals surface area contributed by atoms with Crippen molar-refractivity contribution in [2.45, 2.75) is 51.5 Å². The van der Waals surface area contributed by atoms with Crippen LogP contribution in [0.5, 0.6) is 0 Å². The molecule has 0 bridgehead atoms. The SMILES string of the molecule is CC(C)C(CNC(=O)CC(C)(NC(=O)OCC1c2ccccc2-c2ccccc21)C1CC1)C(=O)O. The van der Waals surface area contributed by atoms with E-state index in [1.807, 2.05) is 45.0 Å². The average molecular weight is 479 g/mol. The van der Waals surface area contributed by atoms with Crippen molar-refractivity contribution in [3.8, 4) is 11.1 Å². The maximum Gasteiger partial charge on any atom is 0.407 e. The molecule has 2 aromatic rings. The first-order chi connectivity index (χ1) is 16.7. The van der Waals surface area contributed by atoms with Gasteiger partial charge < -0.3 is 20.5 Å². The number of carboxylic acids is 1. The number of hydrogen-bond donors (Lipinski definition) is 3. The molecule has 0 heterocycles. The second-order valence-electron chi connectivity index (χ2n) is 10.3. The normalized spacial score (nSPS) is 17.1. The lowest BCUT2D eigenvalue weighted by molar-refractivity contribution is -0.143. The Kier molecular flexibility index (Phi) is 7.15. The van der Waals surface area contributed by atoms with Crippen LogP contribution >= 0.6 is 0 Å². The van der Waals surface area contributed by atoms with Gasteiger partial charge in [-0.1, -0.05) is 62.4 Å². The van der Waals surface area contributed by atoms with Gasteiger partial charge in [-0.2, -0.15) is 0 Å². The molecule has 0 saturated heterocycles. The molecule has 1 fully saturated rings. The second kappa shape index (κ2) is 10.1. The van der Waals surface area contributed by atoms with Gasteiger partial charge in [0.25, 0.3) is 0 Å². The Morgan fingerprint density at radius 2 is 1.60 bits per heavy atom. The lowest BCUT2D eigenvalue weighted by Crippen LogP contribution is -2.51. The van der Waals surface area contributed by atoms with Gasteiger partial charge in [0.05, 0.1) is 11.5 Å². The van der Waals surface area contributed by atoms with Gasteiger partial charge in [0.2, 0.25) is 5.91 Å². The fourth-order valence-corrected chi connectivity index (χ4v) is 5.11. The molecule has 2 aliphatic carbocycles. The molecule has 186 valence electrons. The Balaban J connectivity index is 1.36. The highest BCUT2D eigenvalue weighted by Crippen LogP contribution is 2.45. The average Bonchev–Trinajstić information content (AvgIpc) is 3.61. The molecular formula is C28H34N2O5. The van der Waals surface area contributed by atoms with Crippen molar-refractivity contribution in [1.82, 2.24) is 10.6 Å². The molecule has 35 heavy (non-hydrogen) atoms. The number of carbonyl (C=O) groups is 3. The third-order valence-electron chi connectivity index (χ3n) is 7.38. The van der Waals surface area contributed by atoms with Crippen LogP contribution in [0.15, 0.2) is 48.5 Å². The first-order valence-electron chi connectivity index (χ1n) is 12.3. The number of hydrogen-bond acceptors (Lipinski definition) is 4. The standard InChI is InChI=1S/C28H34N2O5/c1-17(2)23(26(32)33)15-29-25(31)14-28(3,18-12-13-18)30-27(34)35-16-24-21-10-6-4-8-19(21)20-9-5-7-11-22(20)24/h4-11,17-18,23-24H,12-16H2,1-3H3,(H,29,31)(H,30,34)(H,32,33). The van der Waals surface area contributed by atoms with Gasteiger partial charge in [-0.25, -0.2) is 4.79 Å². The Hall–Kier alpha value is -3.35. The van der Waals surface area contributed by atoms with E-state index in [0.717, 1.165) is 35.1 Å². The van der Waals surface area contributed by atoms with E-state index in [-0.39, 0.29) is 43.2 Å². The molecule has 0 aliphatic heterocycles. The quantitative estimate of drug-likeness (QED) is 0.464. The number of nitrogens with one attached hydrogen (secondary N) is 2. The predicted molar refractivity (Wildman–Crippen MR) is 133 cm³/mol. The van der Waals surface area contributed by atoms with Gasteiger partial charge in [0.15, 0.2) is 0 Å². The number of fused-ring (bicyclic) bond motifs is 3. The van der Waals surface area contributed by atoms with E-state index < -0.39 is 23.5 Å². The van der Waals surface area contributed by atoms with Crippen molar-refractivity contribution in [3.05, 3.63) is 59.7 Å². The monoisotopic (exact) mass is 478 g/mol. The molecule has 0 radical (unpaired) electrons. The van der Waals surface area contributed by atoms with Gasteiger partial charge in [0.1, 0.15) is 6.61 Å². The summed E-state index contributed by atoms with van der Waals surface area (Å²) in [6.45, 7) is 5.78. The first-order valence-corrected chi connectivity index (χ1v) is 12.3.